The number of likely N-dealkylation sites (tertiary alicyclic amines) is 1. The van der Waals surface area contributed by atoms with Gasteiger partial charge < -0.3 is 15.1 Å². The van der Waals surface area contributed by atoms with Gasteiger partial charge in [-0.1, -0.05) is 48.7 Å². The van der Waals surface area contributed by atoms with Gasteiger partial charge in [0, 0.05) is 29.6 Å². The lowest BCUT2D eigenvalue weighted by Gasteiger charge is -2.34. The summed E-state index contributed by atoms with van der Waals surface area (Å²) < 4.78 is 0. The van der Waals surface area contributed by atoms with Crippen molar-refractivity contribution in [1.82, 2.24) is 10.2 Å². The molecule has 2 heterocycles. The average molecular weight is 486 g/mol. The fourth-order valence-electron chi connectivity index (χ4n) is 4.19. The molecule has 0 spiro atoms. The van der Waals surface area contributed by atoms with Crippen LogP contribution in [0.15, 0.2) is 53.4 Å². The number of carbonyl (C=O) groups is 3. The Balaban J connectivity index is 1.43. The van der Waals surface area contributed by atoms with Crippen LogP contribution in [0.3, 0.4) is 0 Å². The fraction of sp³-hybridized carbons (Fsp3) is 0.400. The number of anilines is 1. The van der Waals surface area contributed by atoms with Crippen LogP contribution in [0.2, 0.25) is 5.02 Å². The van der Waals surface area contributed by atoms with Crippen molar-refractivity contribution in [2.45, 2.75) is 42.2 Å². The van der Waals surface area contributed by atoms with E-state index in [2.05, 4.69) is 5.32 Å². The smallest absolute Gasteiger partial charge is 0.250 e. The van der Waals surface area contributed by atoms with Crippen molar-refractivity contribution < 1.29 is 14.4 Å². The minimum absolute atomic E-state index is 0.110. The van der Waals surface area contributed by atoms with Crippen molar-refractivity contribution >= 4 is 46.8 Å². The zero-order valence-electron chi connectivity index (χ0n) is 18.5. The highest BCUT2D eigenvalue weighted by atomic mass is 35.5. The number of fused-ring (bicyclic) bond motifs is 1. The number of hydrogen-bond donors (Lipinski definition) is 1. The molecule has 2 aliphatic heterocycles. The molecule has 33 heavy (non-hydrogen) atoms. The Labute approximate surface area is 203 Å². The molecular weight excluding hydrogens is 458 g/mol. The Morgan fingerprint density at radius 2 is 1.70 bits per heavy atom. The summed E-state index contributed by atoms with van der Waals surface area (Å²) in [4.78, 5) is 43.5. The summed E-state index contributed by atoms with van der Waals surface area (Å²) >= 11 is 7.21. The van der Waals surface area contributed by atoms with Crippen molar-refractivity contribution in [3.8, 4) is 0 Å². The van der Waals surface area contributed by atoms with E-state index in [1.54, 1.807) is 0 Å². The predicted octanol–water partition coefficient (Wildman–Crippen LogP) is 3.91. The zero-order valence-corrected chi connectivity index (χ0v) is 20.0. The lowest BCUT2D eigenvalue weighted by atomic mass is 10.1. The quantitative estimate of drug-likeness (QED) is 0.630. The lowest BCUT2D eigenvalue weighted by Crippen LogP contribution is -2.52. The van der Waals surface area contributed by atoms with E-state index in [1.807, 2.05) is 53.4 Å². The third kappa shape index (κ3) is 5.89. The molecule has 0 saturated carbocycles. The van der Waals surface area contributed by atoms with Crippen LogP contribution in [0.4, 0.5) is 5.69 Å². The standard InChI is InChI=1S/C25H28ClN3O3S/c26-19-11-9-18(10-12-19)13-14-27-22(30)17-29-20-7-3-4-8-21(20)33-23(25(29)32)24(31)28-15-5-1-2-6-16-28/h3-4,7-12,23H,1-2,5-6,13-17H2,(H,27,30). The number of halogens is 1. The molecule has 1 unspecified atom stereocenters. The van der Waals surface area contributed by atoms with Crippen LogP contribution in [-0.4, -0.2) is 54.1 Å². The van der Waals surface area contributed by atoms with E-state index >= 15 is 0 Å². The van der Waals surface area contributed by atoms with Crippen molar-refractivity contribution in [3.63, 3.8) is 0 Å². The predicted molar refractivity (Wildman–Crippen MR) is 132 cm³/mol. The van der Waals surface area contributed by atoms with Gasteiger partial charge in [0.05, 0.1) is 5.69 Å². The number of hydrogen-bond acceptors (Lipinski definition) is 4. The lowest BCUT2D eigenvalue weighted by molar-refractivity contribution is -0.135. The second kappa shape index (κ2) is 11.1. The van der Waals surface area contributed by atoms with Gasteiger partial charge in [0.15, 0.2) is 5.25 Å². The molecule has 174 valence electrons. The van der Waals surface area contributed by atoms with Crippen LogP contribution in [0.5, 0.6) is 0 Å². The maximum atomic E-state index is 13.4. The van der Waals surface area contributed by atoms with Gasteiger partial charge in [-0.2, -0.15) is 0 Å². The molecule has 4 rings (SSSR count). The summed E-state index contributed by atoms with van der Waals surface area (Å²) in [6.07, 6.45) is 4.82. The summed E-state index contributed by atoms with van der Waals surface area (Å²) in [5.41, 5.74) is 1.75. The summed E-state index contributed by atoms with van der Waals surface area (Å²) in [6, 6.07) is 15.0. The minimum atomic E-state index is -0.847. The van der Waals surface area contributed by atoms with E-state index in [1.165, 1.54) is 16.7 Å². The minimum Gasteiger partial charge on any atom is -0.354 e. The molecule has 0 aliphatic carbocycles. The Hall–Kier alpha value is -2.51. The number of benzene rings is 2. The second-order valence-electron chi connectivity index (χ2n) is 8.36. The van der Waals surface area contributed by atoms with E-state index in [9.17, 15) is 14.4 Å². The maximum absolute atomic E-state index is 13.4. The molecule has 0 aromatic heterocycles. The normalized spacial score (nSPS) is 18.5. The van der Waals surface area contributed by atoms with Gasteiger partial charge in [0.1, 0.15) is 6.54 Å². The molecule has 1 saturated heterocycles. The first-order valence-electron chi connectivity index (χ1n) is 11.4. The molecule has 1 fully saturated rings. The van der Waals surface area contributed by atoms with E-state index in [-0.39, 0.29) is 24.3 Å². The van der Waals surface area contributed by atoms with E-state index in [4.69, 9.17) is 11.6 Å². The van der Waals surface area contributed by atoms with Crippen molar-refractivity contribution in [3.05, 3.63) is 59.1 Å². The Kier molecular flexibility index (Phi) is 7.93. The molecule has 8 heteroatoms. The Bertz CT molecular complexity index is 1010. The molecule has 1 atom stereocenters. The van der Waals surface area contributed by atoms with Crippen molar-refractivity contribution in [2.24, 2.45) is 0 Å². The first-order chi connectivity index (χ1) is 16.0. The SMILES string of the molecule is O=C(CN1C(=O)C(C(=O)N2CCCCCC2)Sc2ccccc21)NCCc1ccc(Cl)cc1. The van der Waals surface area contributed by atoms with Crippen LogP contribution in [-0.2, 0) is 20.8 Å². The molecule has 1 N–H and O–H groups in total. The first-order valence-corrected chi connectivity index (χ1v) is 12.7. The van der Waals surface area contributed by atoms with E-state index < -0.39 is 5.25 Å². The highest BCUT2D eigenvalue weighted by molar-refractivity contribution is 8.01. The van der Waals surface area contributed by atoms with E-state index in [0.29, 0.717) is 36.8 Å². The van der Waals surface area contributed by atoms with Gasteiger partial charge in [-0.3, -0.25) is 14.4 Å². The molecule has 2 aromatic rings. The van der Waals surface area contributed by atoms with Crippen LogP contribution in [0.1, 0.15) is 31.2 Å². The third-order valence-corrected chi connectivity index (χ3v) is 7.47. The number of carbonyl (C=O) groups excluding carboxylic acids is 3. The monoisotopic (exact) mass is 485 g/mol. The van der Waals surface area contributed by atoms with Gasteiger partial charge in [-0.25, -0.2) is 0 Å². The number of thioether (sulfide) groups is 1. The van der Waals surface area contributed by atoms with Crippen LogP contribution in [0, 0.1) is 0 Å². The zero-order chi connectivity index (χ0) is 23.2. The van der Waals surface area contributed by atoms with E-state index in [0.717, 1.165) is 36.1 Å². The summed E-state index contributed by atoms with van der Waals surface area (Å²) in [6.45, 7) is 1.72. The number of amides is 3. The van der Waals surface area contributed by atoms with Crippen molar-refractivity contribution in [2.75, 3.05) is 31.1 Å². The van der Waals surface area contributed by atoms with Gasteiger partial charge in [-0.05, 0) is 49.1 Å². The molecule has 6 nitrogen and oxygen atoms in total. The Morgan fingerprint density at radius 3 is 2.42 bits per heavy atom. The van der Waals surface area contributed by atoms with Gasteiger partial charge in [0.25, 0.3) is 5.91 Å². The summed E-state index contributed by atoms with van der Waals surface area (Å²) in [5.74, 6) is -0.713. The first kappa shape index (κ1) is 23.6. The number of para-hydroxylation sites is 1. The van der Waals surface area contributed by atoms with Crippen LogP contribution in [0.25, 0.3) is 0 Å². The van der Waals surface area contributed by atoms with Crippen LogP contribution >= 0.6 is 23.4 Å². The van der Waals surface area contributed by atoms with Gasteiger partial charge in [-0.15, -0.1) is 11.8 Å². The molecule has 3 amide bonds. The average Bonchev–Trinajstić information content (AvgIpc) is 3.11. The molecule has 2 aliphatic rings. The number of nitrogens with one attached hydrogen (secondary N) is 1. The van der Waals surface area contributed by atoms with Gasteiger partial charge >= 0.3 is 0 Å². The van der Waals surface area contributed by atoms with Gasteiger partial charge in [0.2, 0.25) is 11.8 Å². The molecule has 2 aromatic carbocycles. The summed E-state index contributed by atoms with van der Waals surface area (Å²) in [5, 5.41) is 2.72. The molecular formula is C25H28ClN3O3S. The highest BCUT2D eigenvalue weighted by Gasteiger charge is 2.40. The molecule has 0 bridgehead atoms. The molecule has 0 radical (unpaired) electrons. The number of nitrogens with zero attached hydrogens (tertiary/aromatic N) is 2. The largest absolute Gasteiger partial charge is 0.354 e. The second-order valence-corrected chi connectivity index (χ2v) is 9.94. The topological polar surface area (TPSA) is 69.7 Å². The fourth-order valence-corrected chi connectivity index (χ4v) is 5.50. The maximum Gasteiger partial charge on any atom is 0.250 e. The summed E-state index contributed by atoms with van der Waals surface area (Å²) in [7, 11) is 0. The van der Waals surface area contributed by atoms with Crippen molar-refractivity contribution in [1.29, 1.82) is 0 Å². The highest BCUT2D eigenvalue weighted by Crippen LogP contribution is 2.39. The van der Waals surface area contributed by atoms with Crippen LogP contribution < -0.4 is 10.2 Å². The Morgan fingerprint density at radius 1 is 1.00 bits per heavy atom. The third-order valence-electron chi connectivity index (χ3n) is 5.98. The number of rotatable bonds is 6.